The zero-order valence-electron chi connectivity index (χ0n) is 9.37. The number of hydrogen-bond donors (Lipinski definition) is 2. The number of rotatable bonds is 3. The number of aliphatic hydroxyl groups excluding tert-OH is 1. The number of aliphatic hydroxyl groups is 1. The summed E-state index contributed by atoms with van der Waals surface area (Å²) in [7, 11) is 0. The third-order valence-corrected chi connectivity index (χ3v) is 2.27. The topological polar surface area (TPSA) is 49.3 Å². The Labute approximate surface area is 90.1 Å². The van der Waals surface area contributed by atoms with E-state index in [9.17, 15) is 4.79 Å². The van der Waals surface area contributed by atoms with Crippen molar-refractivity contribution in [1.29, 1.82) is 0 Å². The smallest absolute Gasteiger partial charge is 0.226 e. The summed E-state index contributed by atoms with van der Waals surface area (Å²) in [6, 6.07) is 5.54. The van der Waals surface area contributed by atoms with Crippen LogP contribution in [0.2, 0.25) is 0 Å². The Balaban J connectivity index is 2.88. The second kappa shape index (κ2) is 4.94. The van der Waals surface area contributed by atoms with Gasteiger partial charge in [-0.25, -0.2) is 0 Å². The molecule has 0 atom stereocenters. The first-order valence-electron chi connectivity index (χ1n) is 5.06. The van der Waals surface area contributed by atoms with Crippen molar-refractivity contribution in [2.75, 3.05) is 5.32 Å². The van der Waals surface area contributed by atoms with E-state index < -0.39 is 0 Å². The van der Waals surface area contributed by atoms with Crippen LogP contribution < -0.4 is 5.32 Å². The Morgan fingerprint density at radius 1 is 1.47 bits per heavy atom. The van der Waals surface area contributed by atoms with Gasteiger partial charge in [-0.15, -0.1) is 0 Å². The first-order valence-corrected chi connectivity index (χ1v) is 5.06. The Morgan fingerprint density at radius 2 is 2.13 bits per heavy atom. The van der Waals surface area contributed by atoms with Crippen LogP contribution in [-0.2, 0) is 11.4 Å². The van der Waals surface area contributed by atoms with E-state index in [4.69, 9.17) is 5.11 Å². The van der Waals surface area contributed by atoms with Gasteiger partial charge in [0.25, 0.3) is 0 Å². The summed E-state index contributed by atoms with van der Waals surface area (Å²) in [4.78, 5) is 11.5. The number of carbonyl (C=O) groups is 1. The number of hydrogen-bond acceptors (Lipinski definition) is 2. The van der Waals surface area contributed by atoms with Gasteiger partial charge in [0.2, 0.25) is 5.91 Å². The molecule has 3 nitrogen and oxygen atoms in total. The molecule has 0 saturated carbocycles. The lowest BCUT2D eigenvalue weighted by atomic mass is 10.1. The zero-order chi connectivity index (χ0) is 11.4. The van der Waals surface area contributed by atoms with E-state index >= 15 is 0 Å². The van der Waals surface area contributed by atoms with Crippen LogP contribution in [0.4, 0.5) is 5.69 Å². The fraction of sp³-hybridized carbons (Fsp3) is 0.417. The third kappa shape index (κ3) is 3.06. The highest BCUT2D eigenvalue weighted by atomic mass is 16.3. The summed E-state index contributed by atoms with van der Waals surface area (Å²) in [5, 5.41) is 11.8. The molecule has 0 fully saturated rings. The molecular weight excluding hydrogens is 190 g/mol. The van der Waals surface area contributed by atoms with E-state index in [0.717, 1.165) is 16.8 Å². The van der Waals surface area contributed by atoms with E-state index in [2.05, 4.69) is 5.32 Å². The number of aryl methyl sites for hydroxylation is 1. The fourth-order valence-corrected chi connectivity index (χ4v) is 1.18. The van der Waals surface area contributed by atoms with Gasteiger partial charge < -0.3 is 10.4 Å². The molecule has 82 valence electrons. The minimum absolute atomic E-state index is 0.00631. The number of amides is 1. The molecule has 0 radical (unpaired) electrons. The normalized spacial score (nSPS) is 10.5. The molecule has 0 bridgehead atoms. The van der Waals surface area contributed by atoms with Crippen molar-refractivity contribution in [2.24, 2.45) is 5.92 Å². The van der Waals surface area contributed by atoms with Gasteiger partial charge in [0.15, 0.2) is 0 Å². The number of nitrogens with one attached hydrogen (secondary N) is 1. The first-order chi connectivity index (χ1) is 7.04. The summed E-state index contributed by atoms with van der Waals surface area (Å²) in [5.41, 5.74) is 2.58. The summed E-state index contributed by atoms with van der Waals surface area (Å²) in [6.45, 7) is 5.61. The van der Waals surface area contributed by atoms with Crippen LogP contribution in [0.1, 0.15) is 25.0 Å². The van der Waals surface area contributed by atoms with Crippen molar-refractivity contribution in [1.82, 2.24) is 0 Å². The van der Waals surface area contributed by atoms with Gasteiger partial charge in [0, 0.05) is 11.6 Å². The van der Waals surface area contributed by atoms with Crippen molar-refractivity contribution in [3.63, 3.8) is 0 Å². The molecule has 0 saturated heterocycles. The predicted octanol–water partition coefficient (Wildman–Crippen LogP) is 2.08. The average molecular weight is 207 g/mol. The Kier molecular flexibility index (Phi) is 3.86. The average Bonchev–Trinajstić information content (AvgIpc) is 2.21. The second-order valence-electron chi connectivity index (χ2n) is 3.95. The van der Waals surface area contributed by atoms with Crippen molar-refractivity contribution in [3.8, 4) is 0 Å². The van der Waals surface area contributed by atoms with E-state index in [-0.39, 0.29) is 18.4 Å². The molecule has 0 aromatic heterocycles. The molecule has 1 aromatic rings. The van der Waals surface area contributed by atoms with Crippen LogP contribution in [0.15, 0.2) is 18.2 Å². The van der Waals surface area contributed by atoms with Gasteiger partial charge in [-0.2, -0.15) is 0 Å². The highest BCUT2D eigenvalue weighted by Gasteiger charge is 2.08. The molecular formula is C12H17NO2. The molecule has 0 unspecified atom stereocenters. The van der Waals surface area contributed by atoms with Gasteiger partial charge in [-0.3, -0.25) is 4.79 Å². The third-order valence-electron chi connectivity index (χ3n) is 2.27. The molecule has 2 N–H and O–H groups in total. The summed E-state index contributed by atoms with van der Waals surface area (Å²) < 4.78 is 0. The summed E-state index contributed by atoms with van der Waals surface area (Å²) in [6.07, 6.45) is 0. The minimum Gasteiger partial charge on any atom is -0.392 e. The van der Waals surface area contributed by atoms with Crippen LogP contribution in [-0.4, -0.2) is 11.0 Å². The lowest BCUT2D eigenvalue weighted by Gasteiger charge is -2.11. The van der Waals surface area contributed by atoms with Crippen LogP contribution >= 0.6 is 0 Å². The number of benzene rings is 1. The van der Waals surface area contributed by atoms with Crippen molar-refractivity contribution in [3.05, 3.63) is 29.3 Å². The van der Waals surface area contributed by atoms with E-state index in [1.807, 2.05) is 32.9 Å². The molecule has 0 heterocycles. The van der Waals surface area contributed by atoms with Crippen LogP contribution in [0.5, 0.6) is 0 Å². The van der Waals surface area contributed by atoms with Gasteiger partial charge >= 0.3 is 0 Å². The SMILES string of the molecule is Cc1ccc(CO)cc1NC(=O)C(C)C. The van der Waals surface area contributed by atoms with E-state index in [1.165, 1.54) is 0 Å². The molecule has 1 amide bonds. The highest BCUT2D eigenvalue weighted by Crippen LogP contribution is 2.17. The van der Waals surface area contributed by atoms with E-state index in [0.29, 0.717) is 0 Å². The largest absolute Gasteiger partial charge is 0.392 e. The van der Waals surface area contributed by atoms with Crippen molar-refractivity contribution in [2.45, 2.75) is 27.4 Å². The highest BCUT2D eigenvalue weighted by molar-refractivity contribution is 5.92. The molecule has 0 aliphatic heterocycles. The predicted molar refractivity (Wildman–Crippen MR) is 60.6 cm³/mol. The standard InChI is InChI=1S/C12H17NO2/c1-8(2)12(15)13-11-6-10(7-14)5-4-9(11)3/h4-6,8,14H,7H2,1-3H3,(H,13,15). The lowest BCUT2D eigenvalue weighted by molar-refractivity contribution is -0.118. The number of anilines is 1. The lowest BCUT2D eigenvalue weighted by Crippen LogP contribution is -2.18. The second-order valence-corrected chi connectivity index (χ2v) is 3.95. The van der Waals surface area contributed by atoms with Gasteiger partial charge in [0.1, 0.15) is 0 Å². The van der Waals surface area contributed by atoms with Crippen molar-refractivity contribution < 1.29 is 9.90 Å². The van der Waals surface area contributed by atoms with Crippen molar-refractivity contribution >= 4 is 11.6 Å². The Hall–Kier alpha value is -1.35. The maximum absolute atomic E-state index is 11.5. The molecule has 3 heteroatoms. The molecule has 0 aliphatic carbocycles. The maximum Gasteiger partial charge on any atom is 0.226 e. The van der Waals surface area contributed by atoms with Crippen LogP contribution in [0, 0.1) is 12.8 Å². The van der Waals surface area contributed by atoms with Gasteiger partial charge in [-0.05, 0) is 24.1 Å². The molecule has 0 aliphatic rings. The van der Waals surface area contributed by atoms with Crippen LogP contribution in [0.25, 0.3) is 0 Å². The molecule has 1 aromatic carbocycles. The molecule has 15 heavy (non-hydrogen) atoms. The first kappa shape index (κ1) is 11.7. The Bertz CT molecular complexity index is 359. The minimum atomic E-state index is -0.0396. The summed E-state index contributed by atoms with van der Waals surface area (Å²) in [5.74, 6) is -0.0460. The van der Waals surface area contributed by atoms with E-state index in [1.54, 1.807) is 6.07 Å². The summed E-state index contributed by atoms with van der Waals surface area (Å²) >= 11 is 0. The quantitative estimate of drug-likeness (QED) is 0.797. The molecule has 1 rings (SSSR count). The molecule has 0 spiro atoms. The maximum atomic E-state index is 11.5. The van der Waals surface area contributed by atoms with Gasteiger partial charge in [-0.1, -0.05) is 26.0 Å². The Morgan fingerprint density at radius 3 is 2.67 bits per heavy atom. The fourth-order valence-electron chi connectivity index (χ4n) is 1.18. The van der Waals surface area contributed by atoms with Gasteiger partial charge in [0.05, 0.1) is 6.61 Å². The number of carbonyl (C=O) groups excluding carboxylic acids is 1. The van der Waals surface area contributed by atoms with Crippen LogP contribution in [0.3, 0.4) is 0 Å². The monoisotopic (exact) mass is 207 g/mol. The zero-order valence-corrected chi connectivity index (χ0v) is 9.37.